The van der Waals surface area contributed by atoms with Crippen LogP contribution in [0.15, 0.2) is 0 Å². The molecule has 5 nitrogen and oxygen atoms in total. The van der Waals surface area contributed by atoms with Gasteiger partial charge in [0, 0.05) is 19.1 Å². The van der Waals surface area contributed by atoms with E-state index in [9.17, 15) is 4.79 Å². The highest BCUT2D eigenvalue weighted by molar-refractivity contribution is 5.81. The Morgan fingerprint density at radius 2 is 2.15 bits per heavy atom. The minimum atomic E-state index is -0.167. The van der Waals surface area contributed by atoms with E-state index in [4.69, 9.17) is 4.74 Å². The topological polar surface area (TPSA) is 53.6 Å². The second-order valence-electron chi connectivity index (χ2n) is 6.00. The summed E-state index contributed by atoms with van der Waals surface area (Å²) in [7, 11) is 2.22. The van der Waals surface area contributed by atoms with Crippen molar-refractivity contribution in [3.05, 3.63) is 0 Å². The average molecular weight is 283 g/mol. The van der Waals surface area contributed by atoms with Gasteiger partial charge in [0.1, 0.15) is 6.04 Å². The highest BCUT2D eigenvalue weighted by Crippen LogP contribution is 2.21. The molecule has 0 bridgehead atoms. The highest BCUT2D eigenvalue weighted by Gasteiger charge is 2.21. The van der Waals surface area contributed by atoms with E-state index >= 15 is 0 Å². The van der Waals surface area contributed by atoms with Crippen LogP contribution in [0, 0.1) is 0 Å². The number of ether oxygens (including phenoxy) is 1. The van der Waals surface area contributed by atoms with Gasteiger partial charge in [-0.05, 0) is 32.9 Å². The standard InChI is InChI=1S/C15H29N3O2/c1-18(13-6-3-2-4-7-13)10-5-8-17-15(19)14-12-20-11-9-16-14/h13-14,16H,2-12H2,1H3,(H,17,19). The molecule has 0 aromatic carbocycles. The second kappa shape index (κ2) is 8.60. The minimum Gasteiger partial charge on any atom is -0.378 e. The van der Waals surface area contributed by atoms with Gasteiger partial charge in [-0.3, -0.25) is 4.79 Å². The Labute approximate surface area is 122 Å². The Morgan fingerprint density at radius 3 is 2.85 bits per heavy atom. The molecule has 1 heterocycles. The maximum Gasteiger partial charge on any atom is 0.239 e. The van der Waals surface area contributed by atoms with E-state index in [1.807, 2.05) is 0 Å². The number of nitrogens with one attached hydrogen (secondary N) is 2. The molecule has 5 heteroatoms. The van der Waals surface area contributed by atoms with Gasteiger partial charge in [0.2, 0.25) is 5.91 Å². The Balaban J connectivity index is 1.55. The SMILES string of the molecule is CN(CCCNC(=O)C1COCCN1)C1CCCCC1. The van der Waals surface area contributed by atoms with Crippen molar-refractivity contribution in [2.24, 2.45) is 0 Å². The van der Waals surface area contributed by atoms with Gasteiger partial charge in [-0.2, -0.15) is 0 Å². The summed E-state index contributed by atoms with van der Waals surface area (Å²) in [4.78, 5) is 14.3. The van der Waals surface area contributed by atoms with Gasteiger partial charge in [-0.15, -0.1) is 0 Å². The van der Waals surface area contributed by atoms with Crippen LogP contribution >= 0.6 is 0 Å². The van der Waals surface area contributed by atoms with Gasteiger partial charge in [0.25, 0.3) is 0 Å². The third-order valence-corrected chi connectivity index (χ3v) is 4.42. The van der Waals surface area contributed by atoms with Gasteiger partial charge in [0.05, 0.1) is 13.2 Å². The molecule has 2 fully saturated rings. The lowest BCUT2D eigenvalue weighted by Gasteiger charge is -2.31. The Kier molecular flexibility index (Phi) is 6.76. The van der Waals surface area contributed by atoms with Crippen molar-refractivity contribution >= 4 is 5.91 Å². The van der Waals surface area contributed by atoms with Crippen molar-refractivity contribution in [3.63, 3.8) is 0 Å². The smallest absolute Gasteiger partial charge is 0.239 e. The van der Waals surface area contributed by atoms with Gasteiger partial charge in [-0.1, -0.05) is 19.3 Å². The molecule has 0 radical (unpaired) electrons. The lowest BCUT2D eigenvalue weighted by atomic mass is 9.94. The molecule has 20 heavy (non-hydrogen) atoms. The molecule has 1 unspecified atom stereocenters. The van der Waals surface area contributed by atoms with E-state index in [1.54, 1.807) is 0 Å². The summed E-state index contributed by atoms with van der Waals surface area (Å²) >= 11 is 0. The molecule has 0 aromatic rings. The van der Waals surface area contributed by atoms with Crippen molar-refractivity contribution in [1.29, 1.82) is 0 Å². The Hall–Kier alpha value is -0.650. The van der Waals surface area contributed by atoms with Crippen LogP contribution in [0.1, 0.15) is 38.5 Å². The molecule has 1 saturated heterocycles. The molecule has 1 aliphatic carbocycles. The fourth-order valence-corrected chi connectivity index (χ4v) is 3.10. The van der Waals surface area contributed by atoms with Crippen molar-refractivity contribution in [3.8, 4) is 0 Å². The number of nitrogens with zero attached hydrogens (tertiary/aromatic N) is 1. The summed E-state index contributed by atoms with van der Waals surface area (Å²) in [5.41, 5.74) is 0. The van der Waals surface area contributed by atoms with Crippen LogP contribution in [0.5, 0.6) is 0 Å². The van der Waals surface area contributed by atoms with Crippen LogP contribution in [0.25, 0.3) is 0 Å². The van der Waals surface area contributed by atoms with Crippen molar-refractivity contribution in [2.45, 2.75) is 50.6 Å². The second-order valence-corrected chi connectivity index (χ2v) is 6.00. The van der Waals surface area contributed by atoms with Crippen molar-refractivity contribution < 1.29 is 9.53 Å². The first-order valence-corrected chi connectivity index (χ1v) is 8.06. The van der Waals surface area contributed by atoms with Crippen LogP contribution in [0.4, 0.5) is 0 Å². The first kappa shape index (κ1) is 15.7. The Morgan fingerprint density at radius 1 is 1.35 bits per heavy atom. The Bertz CT molecular complexity index is 287. The number of hydrogen-bond acceptors (Lipinski definition) is 4. The van der Waals surface area contributed by atoms with Gasteiger partial charge in [0.15, 0.2) is 0 Å². The predicted octanol–water partition coefficient (Wildman–Crippen LogP) is 0.746. The molecular formula is C15H29N3O2. The lowest BCUT2D eigenvalue weighted by molar-refractivity contribution is -0.125. The van der Waals surface area contributed by atoms with E-state index in [0.717, 1.165) is 32.1 Å². The fourth-order valence-electron chi connectivity index (χ4n) is 3.10. The predicted molar refractivity (Wildman–Crippen MR) is 79.7 cm³/mol. The van der Waals surface area contributed by atoms with Gasteiger partial charge in [-0.25, -0.2) is 0 Å². The van der Waals surface area contributed by atoms with E-state index in [-0.39, 0.29) is 11.9 Å². The molecule has 2 rings (SSSR count). The maximum absolute atomic E-state index is 11.9. The number of morpholine rings is 1. The summed E-state index contributed by atoms with van der Waals surface area (Å²) < 4.78 is 5.30. The molecule has 2 aliphatic rings. The van der Waals surface area contributed by atoms with E-state index in [0.29, 0.717) is 13.2 Å². The average Bonchev–Trinajstić information content (AvgIpc) is 2.53. The summed E-state index contributed by atoms with van der Waals surface area (Å²) in [5.74, 6) is 0.0741. The monoisotopic (exact) mass is 283 g/mol. The number of rotatable bonds is 6. The first-order valence-electron chi connectivity index (χ1n) is 8.06. The van der Waals surface area contributed by atoms with Crippen LogP contribution in [-0.2, 0) is 9.53 Å². The highest BCUT2D eigenvalue weighted by atomic mass is 16.5. The molecule has 2 N–H and O–H groups in total. The van der Waals surface area contributed by atoms with Crippen molar-refractivity contribution in [1.82, 2.24) is 15.5 Å². The first-order chi connectivity index (χ1) is 9.77. The summed E-state index contributed by atoms with van der Waals surface area (Å²) in [6.45, 7) is 3.79. The molecule has 1 aliphatic heterocycles. The fraction of sp³-hybridized carbons (Fsp3) is 0.933. The molecule has 0 aromatic heterocycles. The van der Waals surface area contributed by atoms with Gasteiger partial charge < -0.3 is 20.3 Å². The molecule has 1 amide bonds. The number of carbonyl (C=O) groups is 1. The van der Waals surface area contributed by atoms with Crippen LogP contribution in [-0.4, -0.2) is 62.8 Å². The zero-order valence-corrected chi connectivity index (χ0v) is 12.7. The van der Waals surface area contributed by atoms with Crippen LogP contribution in [0.2, 0.25) is 0 Å². The number of amides is 1. The minimum absolute atomic E-state index is 0.0741. The van der Waals surface area contributed by atoms with Gasteiger partial charge >= 0.3 is 0 Å². The van der Waals surface area contributed by atoms with Crippen LogP contribution < -0.4 is 10.6 Å². The third kappa shape index (κ3) is 5.04. The zero-order chi connectivity index (χ0) is 14.2. The molecular weight excluding hydrogens is 254 g/mol. The third-order valence-electron chi connectivity index (χ3n) is 4.42. The van der Waals surface area contributed by atoms with Crippen molar-refractivity contribution in [2.75, 3.05) is 39.9 Å². The number of hydrogen-bond donors (Lipinski definition) is 2. The zero-order valence-electron chi connectivity index (χ0n) is 12.7. The normalized spacial score (nSPS) is 24.8. The van der Waals surface area contributed by atoms with Crippen LogP contribution in [0.3, 0.4) is 0 Å². The van der Waals surface area contributed by atoms with E-state index in [1.165, 1.54) is 32.1 Å². The summed E-state index contributed by atoms with van der Waals surface area (Å²) in [6.07, 6.45) is 7.85. The summed E-state index contributed by atoms with van der Waals surface area (Å²) in [6, 6.07) is 0.590. The lowest BCUT2D eigenvalue weighted by Crippen LogP contribution is -2.51. The summed E-state index contributed by atoms with van der Waals surface area (Å²) in [5, 5.41) is 6.18. The molecule has 1 saturated carbocycles. The quantitative estimate of drug-likeness (QED) is 0.706. The maximum atomic E-state index is 11.9. The molecule has 0 spiro atoms. The number of carbonyl (C=O) groups excluding carboxylic acids is 1. The molecule has 1 atom stereocenters. The molecule has 116 valence electrons. The van der Waals surface area contributed by atoms with E-state index < -0.39 is 0 Å². The van der Waals surface area contributed by atoms with E-state index in [2.05, 4.69) is 22.6 Å². The largest absolute Gasteiger partial charge is 0.378 e.